The molecular weight excluding hydrogens is 415 g/mol. The summed E-state index contributed by atoms with van der Waals surface area (Å²) in [6.45, 7) is 3.98. The number of anilines is 1. The van der Waals surface area contributed by atoms with Crippen LogP contribution < -0.4 is 5.32 Å². The summed E-state index contributed by atoms with van der Waals surface area (Å²) in [5.41, 5.74) is 1.28. The van der Waals surface area contributed by atoms with E-state index in [4.69, 9.17) is 4.74 Å². The van der Waals surface area contributed by atoms with Gasteiger partial charge in [-0.05, 0) is 42.8 Å². The Morgan fingerprint density at radius 3 is 2.59 bits per heavy atom. The molecule has 2 aromatic rings. The van der Waals surface area contributed by atoms with Crippen LogP contribution in [0.1, 0.15) is 35.9 Å². The van der Waals surface area contributed by atoms with E-state index in [2.05, 4.69) is 21.2 Å². The van der Waals surface area contributed by atoms with Crippen LogP contribution in [0.25, 0.3) is 0 Å². The number of nitrogens with one attached hydrogen (secondary N) is 1. The Kier molecular flexibility index (Phi) is 5.92. The molecule has 1 aliphatic heterocycles. The van der Waals surface area contributed by atoms with E-state index in [9.17, 15) is 14.0 Å². The third-order valence-corrected chi connectivity index (χ3v) is 5.06. The van der Waals surface area contributed by atoms with Crippen molar-refractivity contribution in [2.75, 3.05) is 18.5 Å². The molecule has 142 valence electrons. The second kappa shape index (κ2) is 8.19. The maximum absolute atomic E-state index is 14.3. The van der Waals surface area contributed by atoms with Gasteiger partial charge in [-0.3, -0.25) is 9.59 Å². The van der Waals surface area contributed by atoms with Gasteiger partial charge in [0, 0.05) is 23.6 Å². The van der Waals surface area contributed by atoms with Gasteiger partial charge in [-0.2, -0.15) is 0 Å². The largest absolute Gasteiger partial charge is 0.370 e. The average Bonchev–Trinajstić information content (AvgIpc) is 2.63. The number of hydrogen-bond acceptors (Lipinski definition) is 3. The predicted octanol–water partition coefficient (Wildman–Crippen LogP) is 4.15. The van der Waals surface area contributed by atoms with Crippen LogP contribution in [-0.2, 0) is 9.53 Å². The van der Waals surface area contributed by atoms with Gasteiger partial charge in [-0.1, -0.05) is 28.1 Å². The number of rotatable bonds is 3. The summed E-state index contributed by atoms with van der Waals surface area (Å²) in [7, 11) is 0. The maximum atomic E-state index is 14.3. The predicted molar refractivity (Wildman–Crippen MR) is 104 cm³/mol. The molecule has 27 heavy (non-hydrogen) atoms. The minimum absolute atomic E-state index is 0.0652. The lowest BCUT2D eigenvalue weighted by atomic mass is 9.99. The summed E-state index contributed by atoms with van der Waals surface area (Å²) < 4.78 is 21.1. The number of halogens is 2. The topological polar surface area (TPSA) is 58.6 Å². The molecule has 0 unspecified atom stereocenters. The number of morpholine rings is 1. The fourth-order valence-corrected chi connectivity index (χ4v) is 3.49. The van der Waals surface area contributed by atoms with Crippen molar-refractivity contribution in [3.8, 4) is 0 Å². The van der Waals surface area contributed by atoms with Crippen molar-refractivity contribution in [1.82, 2.24) is 4.90 Å². The number of nitrogens with zero attached hydrogens (tertiary/aromatic N) is 1. The van der Waals surface area contributed by atoms with E-state index in [1.807, 2.05) is 31.2 Å². The molecule has 1 fully saturated rings. The summed E-state index contributed by atoms with van der Waals surface area (Å²) >= 11 is 3.40. The highest BCUT2D eigenvalue weighted by molar-refractivity contribution is 9.10. The van der Waals surface area contributed by atoms with Crippen molar-refractivity contribution in [3.63, 3.8) is 0 Å². The fraction of sp³-hybridized carbons (Fsp3) is 0.300. The summed E-state index contributed by atoms with van der Waals surface area (Å²) in [4.78, 5) is 25.9. The normalized spacial score (nSPS) is 19.6. The molecule has 1 aliphatic rings. The molecule has 0 aliphatic carbocycles. The second-order valence-corrected chi connectivity index (χ2v) is 7.37. The van der Waals surface area contributed by atoms with Crippen molar-refractivity contribution in [3.05, 3.63) is 63.9 Å². The smallest absolute Gasteiger partial charge is 0.257 e. The summed E-state index contributed by atoms with van der Waals surface area (Å²) in [5, 5.41) is 2.58. The van der Waals surface area contributed by atoms with E-state index in [1.165, 1.54) is 25.1 Å². The lowest BCUT2D eigenvalue weighted by Gasteiger charge is -2.39. The zero-order valence-electron chi connectivity index (χ0n) is 15.0. The van der Waals surface area contributed by atoms with Gasteiger partial charge in [0.2, 0.25) is 5.91 Å². The van der Waals surface area contributed by atoms with Gasteiger partial charge in [-0.25, -0.2) is 4.39 Å². The lowest BCUT2D eigenvalue weighted by molar-refractivity contribution is -0.114. The van der Waals surface area contributed by atoms with E-state index in [-0.39, 0.29) is 23.6 Å². The van der Waals surface area contributed by atoms with Gasteiger partial charge >= 0.3 is 0 Å². The molecule has 1 saturated heterocycles. The Balaban J connectivity index is 1.85. The Morgan fingerprint density at radius 2 is 1.93 bits per heavy atom. The molecule has 2 aromatic carbocycles. The molecule has 0 aromatic heterocycles. The zero-order valence-corrected chi connectivity index (χ0v) is 16.6. The fourth-order valence-electron chi connectivity index (χ4n) is 3.22. The number of carbonyl (C=O) groups excluding carboxylic acids is 2. The molecule has 2 atom stereocenters. The first kappa shape index (κ1) is 19.5. The molecule has 0 bridgehead atoms. The van der Waals surface area contributed by atoms with Crippen LogP contribution in [0, 0.1) is 5.82 Å². The molecule has 7 heteroatoms. The first-order valence-corrected chi connectivity index (χ1v) is 9.41. The molecule has 1 N–H and O–H groups in total. The van der Waals surface area contributed by atoms with Crippen molar-refractivity contribution in [2.24, 2.45) is 0 Å². The minimum Gasteiger partial charge on any atom is -0.370 e. The highest BCUT2D eigenvalue weighted by atomic mass is 79.9. The average molecular weight is 435 g/mol. The Morgan fingerprint density at radius 1 is 1.22 bits per heavy atom. The van der Waals surface area contributed by atoms with E-state index >= 15 is 0 Å². The van der Waals surface area contributed by atoms with E-state index in [0.29, 0.717) is 18.8 Å². The van der Waals surface area contributed by atoms with Crippen molar-refractivity contribution in [1.29, 1.82) is 0 Å². The molecule has 0 radical (unpaired) electrons. The molecule has 0 saturated carbocycles. The van der Waals surface area contributed by atoms with Gasteiger partial charge in [-0.15, -0.1) is 0 Å². The van der Waals surface area contributed by atoms with Gasteiger partial charge in [0.05, 0.1) is 18.2 Å². The van der Waals surface area contributed by atoms with Crippen LogP contribution in [-0.4, -0.2) is 35.9 Å². The van der Waals surface area contributed by atoms with Crippen molar-refractivity contribution in [2.45, 2.75) is 26.0 Å². The second-order valence-electron chi connectivity index (χ2n) is 6.46. The monoisotopic (exact) mass is 434 g/mol. The molecule has 5 nitrogen and oxygen atoms in total. The highest BCUT2D eigenvalue weighted by Crippen LogP contribution is 2.31. The Labute approximate surface area is 165 Å². The number of carbonyl (C=O) groups is 2. The van der Waals surface area contributed by atoms with E-state index in [1.54, 1.807) is 4.90 Å². The lowest BCUT2D eigenvalue weighted by Crippen LogP contribution is -2.48. The SMILES string of the molecule is CC(=O)Nc1ccc(F)c(C(=O)N2CCO[C@@H](c3ccc(Br)cc3)[C@H]2C)c1. The van der Waals surface area contributed by atoms with Gasteiger partial charge < -0.3 is 15.0 Å². The number of ether oxygens (including phenoxy) is 1. The number of hydrogen-bond donors (Lipinski definition) is 1. The maximum Gasteiger partial charge on any atom is 0.257 e. The molecular formula is C20H20BrFN2O3. The highest BCUT2D eigenvalue weighted by Gasteiger charge is 2.34. The first-order chi connectivity index (χ1) is 12.9. The van der Waals surface area contributed by atoms with E-state index < -0.39 is 11.7 Å². The summed E-state index contributed by atoms with van der Waals surface area (Å²) in [6.07, 6.45) is -0.294. The third kappa shape index (κ3) is 4.36. The Bertz CT molecular complexity index is 857. The molecule has 3 rings (SSSR count). The molecule has 1 heterocycles. The number of amides is 2. The van der Waals surface area contributed by atoms with Gasteiger partial charge in [0.15, 0.2) is 0 Å². The molecule has 0 spiro atoms. The van der Waals surface area contributed by atoms with Crippen LogP contribution >= 0.6 is 15.9 Å². The van der Waals surface area contributed by atoms with Crippen LogP contribution in [0.15, 0.2) is 46.9 Å². The van der Waals surface area contributed by atoms with Crippen LogP contribution in [0.5, 0.6) is 0 Å². The van der Waals surface area contributed by atoms with Crippen LogP contribution in [0.4, 0.5) is 10.1 Å². The Hall–Kier alpha value is -2.25. The van der Waals surface area contributed by atoms with Gasteiger partial charge in [0.25, 0.3) is 5.91 Å². The standard InChI is InChI=1S/C20H20BrFN2O3/c1-12-19(14-3-5-15(21)6-4-14)27-10-9-24(12)20(26)17-11-16(23-13(2)25)7-8-18(17)22/h3-8,11-12,19H,9-10H2,1-2H3,(H,23,25)/t12-,19-/m1/s1. The van der Waals surface area contributed by atoms with Crippen molar-refractivity contribution >= 4 is 33.4 Å². The van der Waals surface area contributed by atoms with Crippen LogP contribution in [0.3, 0.4) is 0 Å². The zero-order chi connectivity index (χ0) is 19.6. The minimum atomic E-state index is -0.618. The summed E-state index contributed by atoms with van der Waals surface area (Å²) in [6, 6.07) is 11.4. The number of benzene rings is 2. The summed E-state index contributed by atoms with van der Waals surface area (Å²) in [5.74, 6) is -1.32. The van der Waals surface area contributed by atoms with E-state index in [0.717, 1.165) is 10.0 Å². The van der Waals surface area contributed by atoms with Gasteiger partial charge in [0.1, 0.15) is 11.9 Å². The quantitative estimate of drug-likeness (QED) is 0.788. The van der Waals surface area contributed by atoms with Crippen LogP contribution in [0.2, 0.25) is 0 Å². The van der Waals surface area contributed by atoms with Crippen molar-refractivity contribution < 1.29 is 18.7 Å². The molecule has 2 amide bonds. The first-order valence-electron chi connectivity index (χ1n) is 8.62. The third-order valence-electron chi connectivity index (χ3n) is 4.54.